The lowest BCUT2D eigenvalue weighted by atomic mass is 10.1. The first-order valence-electron chi connectivity index (χ1n) is 5.46. The molecule has 0 aliphatic heterocycles. The van der Waals surface area contributed by atoms with Gasteiger partial charge in [-0.25, -0.2) is 4.79 Å². The molecule has 0 spiro atoms. The van der Waals surface area contributed by atoms with Crippen molar-refractivity contribution < 1.29 is 14.4 Å². The second-order valence-electron chi connectivity index (χ2n) is 4.61. The van der Waals surface area contributed by atoms with Gasteiger partial charge in [-0.2, -0.15) is 5.26 Å². The van der Waals surface area contributed by atoms with Crippen LogP contribution in [0.4, 0.5) is 4.79 Å². The lowest BCUT2D eigenvalue weighted by Crippen LogP contribution is -2.23. The molecule has 0 fully saturated rings. The number of rotatable bonds is 2. The van der Waals surface area contributed by atoms with E-state index in [0.717, 1.165) is 0 Å². The number of hydrogen-bond donors (Lipinski definition) is 0. The summed E-state index contributed by atoms with van der Waals surface area (Å²) in [5.74, 6) is 0. The first-order valence-corrected chi connectivity index (χ1v) is 5.83. The molecular formula is C13H13ClN2O3. The minimum Gasteiger partial charge on any atom is -0.427 e. The van der Waals surface area contributed by atoms with Crippen LogP contribution in [0, 0.1) is 11.3 Å². The summed E-state index contributed by atoms with van der Waals surface area (Å²) in [4.78, 5) is 15.8. The van der Waals surface area contributed by atoms with Crippen LogP contribution >= 0.6 is 11.6 Å². The first kappa shape index (κ1) is 15.0. The van der Waals surface area contributed by atoms with E-state index < -0.39 is 11.8 Å². The molecular weight excluding hydrogens is 268 g/mol. The van der Waals surface area contributed by atoms with Gasteiger partial charge in [-0.3, -0.25) is 4.84 Å². The van der Waals surface area contributed by atoms with Crippen LogP contribution in [-0.4, -0.2) is 17.5 Å². The zero-order valence-electron chi connectivity index (χ0n) is 10.8. The van der Waals surface area contributed by atoms with Gasteiger partial charge in [-0.05, 0) is 32.9 Å². The van der Waals surface area contributed by atoms with E-state index in [-0.39, 0.29) is 5.71 Å². The average Bonchev–Trinajstić information content (AvgIpc) is 2.29. The largest absolute Gasteiger partial charge is 0.535 e. The van der Waals surface area contributed by atoms with Gasteiger partial charge < -0.3 is 4.74 Å². The van der Waals surface area contributed by atoms with Crippen LogP contribution in [0.15, 0.2) is 29.4 Å². The number of ether oxygens (including phenoxy) is 1. The molecule has 0 unspecified atom stereocenters. The maximum Gasteiger partial charge on any atom is 0.535 e. The molecule has 1 rings (SSSR count). The normalized spacial score (nSPS) is 11.6. The predicted octanol–water partition coefficient (Wildman–Crippen LogP) is 3.52. The highest BCUT2D eigenvalue weighted by atomic mass is 35.5. The Morgan fingerprint density at radius 3 is 2.37 bits per heavy atom. The van der Waals surface area contributed by atoms with Gasteiger partial charge in [0.1, 0.15) is 11.7 Å². The second-order valence-corrected chi connectivity index (χ2v) is 5.05. The van der Waals surface area contributed by atoms with Gasteiger partial charge >= 0.3 is 6.16 Å². The molecule has 1 aromatic rings. The summed E-state index contributed by atoms with van der Waals surface area (Å²) in [6, 6.07) is 8.25. The third kappa shape index (κ3) is 5.40. The summed E-state index contributed by atoms with van der Waals surface area (Å²) >= 11 is 5.73. The van der Waals surface area contributed by atoms with E-state index in [1.807, 2.05) is 6.07 Å². The smallest absolute Gasteiger partial charge is 0.427 e. The van der Waals surface area contributed by atoms with Crippen molar-refractivity contribution in [1.82, 2.24) is 0 Å². The van der Waals surface area contributed by atoms with Crippen molar-refractivity contribution in [1.29, 1.82) is 5.26 Å². The Morgan fingerprint density at radius 2 is 1.89 bits per heavy atom. The zero-order chi connectivity index (χ0) is 14.5. The third-order valence-electron chi connectivity index (χ3n) is 1.82. The number of nitriles is 1. The van der Waals surface area contributed by atoms with E-state index in [1.54, 1.807) is 45.0 Å². The number of nitrogens with zero attached hydrogens (tertiary/aromatic N) is 2. The number of carbonyl (C=O) groups is 1. The van der Waals surface area contributed by atoms with Gasteiger partial charge in [0.15, 0.2) is 5.71 Å². The summed E-state index contributed by atoms with van der Waals surface area (Å²) in [5.41, 5.74) is -0.224. The third-order valence-corrected chi connectivity index (χ3v) is 2.08. The van der Waals surface area contributed by atoms with E-state index in [0.29, 0.717) is 10.6 Å². The van der Waals surface area contributed by atoms with Crippen LogP contribution in [0.3, 0.4) is 0 Å². The molecule has 0 aromatic heterocycles. The summed E-state index contributed by atoms with van der Waals surface area (Å²) in [7, 11) is 0. The summed E-state index contributed by atoms with van der Waals surface area (Å²) in [6.07, 6.45) is -0.964. The fourth-order valence-corrected chi connectivity index (χ4v) is 1.22. The Balaban J connectivity index is 2.76. The quantitative estimate of drug-likeness (QED) is 0.360. The Labute approximate surface area is 116 Å². The van der Waals surface area contributed by atoms with Crippen LogP contribution in [-0.2, 0) is 9.57 Å². The van der Waals surface area contributed by atoms with Crippen molar-refractivity contribution in [2.75, 3.05) is 0 Å². The van der Waals surface area contributed by atoms with Gasteiger partial charge in [-0.15, -0.1) is 0 Å². The minimum absolute atomic E-state index is 0.0393. The highest BCUT2D eigenvalue weighted by Gasteiger charge is 2.18. The van der Waals surface area contributed by atoms with Gasteiger partial charge in [0.2, 0.25) is 0 Å². The molecule has 0 N–H and O–H groups in total. The maximum atomic E-state index is 11.3. The molecule has 6 heteroatoms. The molecule has 0 atom stereocenters. The Bertz CT molecular complexity index is 524. The van der Waals surface area contributed by atoms with Crippen molar-refractivity contribution >= 4 is 23.5 Å². The topological polar surface area (TPSA) is 71.7 Å². The number of benzene rings is 1. The van der Waals surface area contributed by atoms with Gasteiger partial charge in [-0.1, -0.05) is 28.9 Å². The monoisotopic (exact) mass is 280 g/mol. The zero-order valence-corrected chi connectivity index (χ0v) is 11.6. The molecule has 1 aromatic carbocycles. The van der Waals surface area contributed by atoms with E-state index in [2.05, 4.69) is 9.99 Å². The Kier molecular flexibility index (Phi) is 4.90. The fraction of sp³-hybridized carbons (Fsp3) is 0.308. The minimum atomic E-state index is -0.964. The molecule has 0 saturated carbocycles. The molecule has 0 radical (unpaired) electrons. The van der Waals surface area contributed by atoms with E-state index in [1.165, 1.54) is 0 Å². The van der Waals surface area contributed by atoms with Crippen LogP contribution in [0.2, 0.25) is 5.02 Å². The molecule has 0 aliphatic carbocycles. The van der Waals surface area contributed by atoms with Gasteiger partial charge in [0, 0.05) is 10.6 Å². The maximum absolute atomic E-state index is 11.3. The highest BCUT2D eigenvalue weighted by Crippen LogP contribution is 2.11. The Hall–Kier alpha value is -2.06. The highest BCUT2D eigenvalue weighted by molar-refractivity contribution is 6.30. The summed E-state index contributed by atoms with van der Waals surface area (Å²) in [5, 5.41) is 12.9. The SMILES string of the molecule is CC(C)(C)OC(=O)O/N=C(/C#N)c1ccc(Cl)cc1. The summed E-state index contributed by atoms with van der Waals surface area (Å²) in [6.45, 7) is 5.09. The van der Waals surface area contributed by atoms with Crippen LogP contribution in [0.1, 0.15) is 26.3 Å². The van der Waals surface area contributed by atoms with Crippen LogP contribution in [0.5, 0.6) is 0 Å². The fourth-order valence-electron chi connectivity index (χ4n) is 1.10. The van der Waals surface area contributed by atoms with Crippen molar-refractivity contribution in [2.24, 2.45) is 5.16 Å². The van der Waals surface area contributed by atoms with Crippen molar-refractivity contribution in [3.05, 3.63) is 34.9 Å². The van der Waals surface area contributed by atoms with Crippen molar-refractivity contribution in [2.45, 2.75) is 26.4 Å². The molecule has 0 aliphatic rings. The average molecular weight is 281 g/mol. The molecule has 5 nitrogen and oxygen atoms in total. The standard InChI is InChI=1S/C13H13ClN2O3/c1-13(2,3)18-12(17)19-16-11(8-15)9-4-6-10(14)7-5-9/h4-7H,1-3H3/b16-11-. The molecule has 0 bridgehead atoms. The molecule has 100 valence electrons. The first-order chi connectivity index (χ1) is 8.81. The lowest BCUT2D eigenvalue weighted by Gasteiger charge is -2.17. The molecule has 19 heavy (non-hydrogen) atoms. The number of carbonyl (C=O) groups excluding carboxylic acids is 1. The van der Waals surface area contributed by atoms with Gasteiger partial charge in [0.05, 0.1) is 0 Å². The molecule has 0 heterocycles. The molecule has 0 saturated heterocycles. The number of oxime groups is 1. The lowest BCUT2D eigenvalue weighted by molar-refractivity contribution is -0.00609. The van der Waals surface area contributed by atoms with Crippen LogP contribution < -0.4 is 0 Å². The van der Waals surface area contributed by atoms with Crippen molar-refractivity contribution in [3.8, 4) is 6.07 Å². The van der Waals surface area contributed by atoms with Gasteiger partial charge in [0.25, 0.3) is 0 Å². The van der Waals surface area contributed by atoms with E-state index in [4.69, 9.17) is 21.6 Å². The molecule has 0 amide bonds. The van der Waals surface area contributed by atoms with Crippen molar-refractivity contribution in [3.63, 3.8) is 0 Å². The van der Waals surface area contributed by atoms with E-state index in [9.17, 15) is 4.79 Å². The van der Waals surface area contributed by atoms with E-state index >= 15 is 0 Å². The number of hydrogen-bond acceptors (Lipinski definition) is 5. The predicted molar refractivity (Wildman–Crippen MR) is 70.9 cm³/mol. The number of halogens is 1. The Morgan fingerprint density at radius 1 is 1.32 bits per heavy atom. The second kappa shape index (κ2) is 6.21. The summed E-state index contributed by atoms with van der Waals surface area (Å²) < 4.78 is 4.89. The van der Waals surface area contributed by atoms with Crippen LogP contribution in [0.25, 0.3) is 0 Å².